The molecule has 5 heteroatoms. The van der Waals surface area contributed by atoms with Crippen LogP contribution in [0.3, 0.4) is 0 Å². The molecular weight excluding hydrogens is 132 g/mol. The van der Waals surface area contributed by atoms with E-state index < -0.39 is 0 Å². The highest BCUT2D eigenvalue weighted by atomic mass is 16.1. The highest BCUT2D eigenvalue weighted by molar-refractivity contribution is 5.79. The number of rotatable bonds is 2. The van der Waals surface area contributed by atoms with Gasteiger partial charge in [0.25, 0.3) is 0 Å². The van der Waals surface area contributed by atoms with E-state index >= 15 is 0 Å². The van der Waals surface area contributed by atoms with E-state index in [1.807, 2.05) is 0 Å². The molecule has 2 N–H and O–H groups in total. The number of imidazole rings is 1. The molecule has 0 fully saturated rings. The minimum absolute atomic E-state index is 0.139. The molecule has 0 aliphatic carbocycles. The van der Waals surface area contributed by atoms with Crippen molar-refractivity contribution in [1.82, 2.24) is 9.97 Å². The van der Waals surface area contributed by atoms with Crippen molar-refractivity contribution in [2.75, 3.05) is 0 Å². The first kappa shape index (κ1) is 6.29. The zero-order chi connectivity index (χ0) is 7.40. The van der Waals surface area contributed by atoms with Gasteiger partial charge in [-0.2, -0.15) is 0 Å². The standard InChI is InChI=1S/C5H3N4O/c6-2-7-5-4(1-10)8-3-9-5/h3,6H,(H,8,9)/q+1. The van der Waals surface area contributed by atoms with E-state index in [4.69, 9.17) is 5.41 Å². The van der Waals surface area contributed by atoms with Gasteiger partial charge in [0.2, 0.25) is 0 Å². The van der Waals surface area contributed by atoms with E-state index in [0.717, 1.165) is 0 Å². The summed E-state index contributed by atoms with van der Waals surface area (Å²) >= 11 is 0. The Kier molecular flexibility index (Phi) is 1.66. The summed E-state index contributed by atoms with van der Waals surface area (Å²) in [6.45, 7) is 0. The van der Waals surface area contributed by atoms with E-state index in [1.54, 1.807) is 12.3 Å². The lowest BCUT2D eigenvalue weighted by atomic mass is 10.5. The van der Waals surface area contributed by atoms with Crippen molar-refractivity contribution in [3.8, 4) is 0 Å². The van der Waals surface area contributed by atoms with Crippen molar-refractivity contribution >= 4 is 18.1 Å². The van der Waals surface area contributed by atoms with E-state index in [0.29, 0.717) is 0 Å². The average Bonchev–Trinajstić information content (AvgIpc) is 2.36. The Morgan fingerprint density at radius 1 is 1.90 bits per heavy atom. The SMILES string of the molecule is N=C=Nc1nc[nH]c1[C+]=O. The van der Waals surface area contributed by atoms with Crippen molar-refractivity contribution in [1.29, 1.82) is 5.41 Å². The van der Waals surface area contributed by atoms with Crippen LogP contribution in [0.5, 0.6) is 0 Å². The Hall–Kier alpha value is -1.83. The molecule has 1 heterocycles. The van der Waals surface area contributed by atoms with Crippen molar-refractivity contribution < 1.29 is 4.79 Å². The second kappa shape index (κ2) is 2.64. The monoisotopic (exact) mass is 135 g/mol. The van der Waals surface area contributed by atoms with Crippen LogP contribution in [0.15, 0.2) is 11.3 Å². The van der Waals surface area contributed by atoms with Gasteiger partial charge in [-0.3, -0.25) is 4.98 Å². The Morgan fingerprint density at radius 3 is 3.30 bits per heavy atom. The van der Waals surface area contributed by atoms with Crippen LogP contribution in [-0.2, 0) is 4.79 Å². The van der Waals surface area contributed by atoms with Gasteiger partial charge in [0.1, 0.15) is 12.3 Å². The normalized spacial score (nSPS) is 8.00. The predicted molar refractivity (Wildman–Crippen MR) is 33.2 cm³/mol. The third-order valence-corrected chi connectivity index (χ3v) is 0.883. The Labute approximate surface area is 56.3 Å². The van der Waals surface area contributed by atoms with Gasteiger partial charge in [-0.15, -0.1) is 4.98 Å². The summed E-state index contributed by atoms with van der Waals surface area (Å²) in [7, 11) is 0. The molecule has 1 aromatic rings. The molecule has 10 heavy (non-hydrogen) atoms. The highest BCUT2D eigenvalue weighted by Gasteiger charge is 2.15. The van der Waals surface area contributed by atoms with Crippen LogP contribution in [0.1, 0.15) is 5.69 Å². The molecule has 0 atom stereocenters. The molecule has 0 unspecified atom stereocenters. The third kappa shape index (κ3) is 0.951. The topological polar surface area (TPSA) is 82.0 Å². The lowest BCUT2D eigenvalue weighted by Crippen LogP contribution is -1.77. The van der Waals surface area contributed by atoms with Crippen molar-refractivity contribution in [2.24, 2.45) is 4.99 Å². The third-order valence-electron chi connectivity index (χ3n) is 0.883. The maximum absolute atomic E-state index is 10.0. The second-order valence-corrected chi connectivity index (χ2v) is 1.43. The fourth-order valence-corrected chi connectivity index (χ4v) is 0.500. The van der Waals surface area contributed by atoms with Gasteiger partial charge < -0.3 is 0 Å². The Balaban J connectivity index is 3.12. The number of aromatic nitrogens is 2. The number of hydrogen-bond acceptors (Lipinski definition) is 4. The van der Waals surface area contributed by atoms with Crippen LogP contribution in [0.25, 0.3) is 0 Å². The maximum Gasteiger partial charge on any atom is 0.389 e. The molecular formula is C5H3N4O+. The van der Waals surface area contributed by atoms with Crippen LogP contribution in [0, 0.1) is 5.41 Å². The Morgan fingerprint density at radius 2 is 2.70 bits per heavy atom. The molecule has 0 spiro atoms. The van der Waals surface area contributed by atoms with E-state index in [2.05, 4.69) is 15.0 Å². The van der Waals surface area contributed by atoms with Crippen molar-refractivity contribution in [3.05, 3.63) is 12.0 Å². The zero-order valence-corrected chi connectivity index (χ0v) is 4.88. The van der Waals surface area contributed by atoms with E-state index in [-0.39, 0.29) is 11.5 Å². The minimum Gasteiger partial charge on any atom is -0.296 e. The molecule has 0 aliphatic rings. The van der Waals surface area contributed by atoms with Gasteiger partial charge in [-0.05, 0) is 0 Å². The number of nitrogens with one attached hydrogen (secondary N) is 2. The van der Waals surface area contributed by atoms with Crippen LogP contribution in [0.2, 0.25) is 0 Å². The van der Waals surface area contributed by atoms with Gasteiger partial charge >= 0.3 is 17.8 Å². The number of nitrogens with zero attached hydrogens (tertiary/aromatic N) is 2. The highest BCUT2D eigenvalue weighted by Crippen LogP contribution is 2.08. The van der Waals surface area contributed by atoms with E-state index in [1.165, 1.54) is 6.33 Å². The van der Waals surface area contributed by atoms with Crippen molar-refractivity contribution in [2.45, 2.75) is 0 Å². The van der Waals surface area contributed by atoms with Crippen LogP contribution in [-0.4, -0.2) is 22.3 Å². The second-order valence-electron chi connectivity index (χ2n) is 1.43. The summed E-state index contributed by atoms with van der Waals surface area (Å²) in [5.41, 5.74) is 0.139. The fourth-order valence-electron chi connectivity index (χ4n) is 0.500. The molecule has 0 amide bonds. The summed E-state index contributed by atoms with van der Waals surface area (Å²) in [4.78, 5) is 19.5. The molecule has 0 aromatic carbocycles. The van der Waals surface area contributed by atoms with Gasteiger partial charge in [0.15, 0.2) is 0 Å². The summed E-state index contributed by atoms with van der Waals surface area (Å²) in [5.74, 6) is 0.144. The summed E-state index contributed by atoms with van der Waals surface area (Å²) in [6, 6.07) is 1.76. The number of H-pyrrole nitrogens is 1. The molecule has 0 radical (unpaired) electrons. The minimum atomic E-state index is 0.139. The lowest BCUT2D eigenvalue weighted by molar-refractivity contribution is 0.562. The molecule has 48 valence electrons. The molecule has 0 bridgehead atoms. The van der Waals surface area contributed by atoms with Gasteiger partial charge in [-0.25, -0.2) is 5.41 Å². The smallest absolute Gasteiger partial charge is 0.296 e. The maximum atomic E-state index is 10.0. The molecule has 0 aliphatic heterocycles. The summed E-state index contributed by atoms with van der Waals surface area (Å²) < 4.78 is 0. The van der Waals surface area contributed by atoms with Crippen LogP contribution in [0.4, 0.5) is 5.82 Å². The Bertz CT molecular complexity index is 284. The molecule has 5 nitrogen and oxygen atoms in total. The molecule has 1 rings (SSSR count). The number of hydrogen-bond donors (Lipinski definition) is 2. The fraction of sp³-hybridized carbons (Fsp3) is 0. The van der Waals surface area contributed by atoms with Gasteiger partial charge in [0.05, 0.1) is 0 Å². The first-order valence-corrected chi connectivity index (χ1v) is 2.42. The van der Waals surface area contributed by atoms with Crippen LogP contribution >= 0.6 is 0 Å². The number of aromatic amines is 1. The van der Waals surface area contributed by atoms with Crippen LogP contribution < -0.4 is 0 Å². The predicted octanol–water partition coefficient (Wildman–Crippen LogP) is 0.252. The average molecular weight is 135 g/mol. The number of carbonyl (C=O) groups excluding carboxylic acids is 1. The molecule has 1 aromatic heterocycles. The first-order chi connectivity index (χ1) is 4.88. The quantitative estimate of drug-likeness (QED) is 0.450. The van der Waals surface area contributed by atoms with Gasteiger partial charge in [-0.1, -0.05) is 9.79 Å². The first-order valence-electron chi connectivity index (χ1n) is 2.42. The van der Waals surface area contributed by atoms with E-state index in [9.17, 15) is 4.79 Å². The number of aliphatic imine (C=N–C) groups is 1. The largest absolute Gasteiger partial charge is 0.389 e. The zero-order valence-electron chi connectivity index (χ0n) is 4.88. The lowest BCUT2D eigenvalue weighted by Gasteiger charge is -1.64. The van der Waals surface area contributed by atoms with Gasteiger partial charge in [0, 0.05) is 0 Å². The summed E-state index contributed by atoms with van der Waals surface area (Å²) in [6.07, 6.45) is 2.88. The summed E-state index contributed by atoms with van der Waals surface area (Å²) in [5, 5.41) is 6.45. The molecule has 0 saturated heterocycles. The van der Waals surface area contributed by atoms with Crippen molar-refractivity contribution in [3.63, 3.8) is 0 Å². The molecule has 0 saturated carbocycles.